The molecule has 0 saturated heterocycles. The predicted octanol–water partition coefficient (Wildman–Crippen LogP) is 2.37. The van der Waals surface area contributed by atoms with Gasteiger partial charge in [0.25, 0.3) is 0 Å². The van der Waals surface area contributed by atoms with E-state index in [9.17, 15) is 0 Å². The van der Waals surface area contributed by atoms with Gasteiger partial charge in [-0.25, -0.2) is 0 Å². The predicted molar refractivity (Wildman–Crippen MR) is 63.6 cm³/mol. The summed E-state index contributed by atoms with van der Waals surface area (Å²) >= 11 is 0. The van der Waals surface area contributed by atoms with Crippen molar-refractivity contribution in [3.63, 3.8) is 0 Å². The number of aromatic nitrogens is 1. The smallest absolute Gasteiger partial charge is 0.0702 e. The van der Waals surface area contributed by atoms with Gasteiger partial charge in [0, 0.05) is 18.8 Å². The first-order valence-corrected chi connectivity index (χ1v) is 4.80. The minimum absolute atomic E-state index is 0.737. The lowest BCUT2D eigenvalue weighted by molar-refractivity contribution is 1.33. The summed E-state index contributed by atoms with van der Waals surface area (Å²) in [6.45, 7) is 0. The fourth-order valence-electron chi connectivity index (χ4n) is 1.48. The van der Waals surface area contributed by atoms with Crippen LogP contribution in [0, 0.1) is 0 Å². The second-order valence-electron chi connectivity index (χ2n) is 3.27. The molecule has 1 aromatic carbocycles. The largest absolute Gasteiger partial charge is 0.397 e. The van der Waals surface area contributed by atoms with Crippen molar-refractivity contribution < 1.29 is 0 Å². The van der Waals surface area contributed by atoms with Gasteiger partial charge in [0.1, 0.15) is 0 Å². The summed E-state index contributed by atoms with van der Waals surface area (Å²) in [4.78, 5) is 4.27. The van der Waals surface area contributed by atoms with Gasteiger partial charge in [-0.05, 0) is 24.3 Å². The van der Waals surface area contributed by atoms with E-state index in [-0.39, 0.29) is 0 Å². The topological polar surface area (TPSA) is 50.9 Å². The number of anilines is 2. The summed E-state index contributed by atoms with van der Waals surface area (Å²) in [5, 5.41) is 3.03. The molecule has 3 nitrogen and oxygen atoms in total. The molecule has 0 aliphatic rings. The molecule has 0 fully saturated rings. The van der Waals surface area contributed by atoms with Crippen molar-refractivity contribution in [2.75, 3.05) is 18.1 Å². The molecule has 0 aliphatic heterocycles. The van der Waals surface area contributed by atoms with Gasteiger partial charge in [-0.3, -0.25) is 4.98 Å². The molecule has 0 saturated carbocycles. The van der Waals surface area contributed by atoms with Crippen molar-refractivity contribution in [1.29, 1.82) is 0 Å². The van der Waals surface area contributed by atoms with E-state index in [2.05, 4.69) is 10.3 Å². The summed E-state index contributed by atoms with van der Waals surface area (Å²) in [5.41, 5.74) is 9.53. The van der Waals surface area contributed by atoms with Crippen LogP contribution in [0.25, 0.3) is 11.3 Å². The Morgan fingerprint density at radius 2 is 2.07 bits per heavy atom. The maximum absolute atomic E-state index is 5.88. The Morgan fingerprint density at radius 3 is 2.67 bits per heavy atom. The van der Waals surface area contributed by atoms with Crippen LogP contribution in [-0.4, -0.2) is 12.0 Å². The average molecular weight is 199 g/mol. The Labute approximate surface area is 89.0 Å². The minimum atomic E-state index is 0.737. The van der Waals surface area contributed by atoms with Crippen molar-refractivity contribution >= 4 is 11.4 Å². The second kappa shape index (κ2) is 4.00. The molecule has 0 atom stereocenters. The lowest BCUT2D eigenvalue weighted by Gasteiger charge is -2.07. The molecule has 1 heterocycles. The molecule has 1 aromatic heterocycles. The first-order valence-electron chi connectivity index (χ1n) is 4.80. The van der Waals surface area contributed by atoms with Gasteiger partial charge in [-0.2, -0.15) is 0 Å². The fraction of sp³-hybridized carbons (Fsp3) is 0.0833. The van der Waals surface area contributed by atoms with Crippen LogP contribution in [0.3, 0.4) is 0 Å². The van der Waals surface area contributed by atoms with Crippen LogP contribution in [0.1, 0.15) is 0 Å². The molecule has 76 valence electrons. The molecular formula is C12H13N3. The van der Waals surface area contributed by atoms with Crippen molar-refractivity contribution in [3.8, 4) is 11.3 Å². The van der Waals surface area contributed by atoms with Gasteiger partial charge < -0.3 is 11.1 Å². The summed E-state index contributed by atoms with van der Waals surface area (Å²) < 4.78 is 0. The Balaban J connectivity index is 2.43. The van der Waals surface area contributed by atoms with E-state index in [1.54, 1.807) is 6.20 Å². The summed E-state index contributed by atoms with van der Waals surface area (Å²) in [6, 6.07) is 11.7. The zero-order valence-corrected chi connectivity index (χ0v) is 8.57. The van der Waals surface area contributed by atoms with Crippen LogP contribution >= 0.6 is 0 Å². The van der Waals surface area contributed by atoms with E-state index >= 15 is 0 Å². The van der Waals surface area contributed by atoms with Gasteiger partial charge in [0.05, 0.1) is 17.1 Å². The maximum Gasteiger partial charge on any atom is 0.0702 e. The molecule has 3 heteroatoms. The Bertz CT molecular complexity index is 452. The van der Waals surface area contributed by atoms with Crippen LogP contribution in [0.2, 0.25) is 0 Å². The van der Waals surface area contributed by atoms with Crippen LogP contribution in [0.5, 0.6) is 0 Å². The zero-order valence-electron chi connectivity index (χ0n) is 8.57. The van der Waals surface area contributed by atoms with Crippen LogP contribution in [0.15, 0.2) is 42.6 Å². The minimum Gasteiger partial charge on any atom is -0.397 e. The van der Waals surface area contributed by atoms with E-state index in [4.69, 9.17) is 5.73 Å². The SMILES string of the molecule is CNc1ccc(-c2ccccn2)cc1N. The third kappa shape index (κ3) is 1.91. The lowest BCUT2D eigenvalue weighted by atomic mass is 10.1. The number of hydrogen-bond acceptors (Lipinski definition) is 3. The third-order valence-corrected chi connectivity index (χ3v) is 2.28. The fourth-order valence-corrected chi connectivity index (χ4v) is 1.48. The highest BCUT2D eigenvalue weighted by Crippen LogP contribution is 2.24. The zero-order chi connectivity index (χ0) is 10.7. The molecule has 2 rings (SSSR count). The van der Waals surface area contributed by atoms with E-state index < -0.39 is 0 Å². The first-order chi connectivity index (χ1) is 7.31. The number of hydrogen-bond donors (Lipinski definition) is 2. The number of nitrogens with one attached hydrogen (secondary N) is 1. The molecule has 0 bridgehead atoms. The number of pyridine rings is 1. The van der Waals surface area contributed by atoms with Gasteiger partial charge in [-0.1, -0.05) is 12.1 Å². The van der Waals surface area contributed by atoms with Crippen LogP contribution < -0.4 is 11.1 Å². The summed E-state index contributed by atoms with van der Waals surface area (Å²) in [5.74, 6) is 0. The van der Waals surface area contributed by atoms with Gasteiger partial charge >= 0.3 is 0 Å². The number of nitrogens with two attached hydrogens (primary N) is 1. The molecule has 2 aromatic rings. The van der Waals surface area contributed by atoms with Crippen LogP contribution in [0.4, 0.5) is 11.4 Å². The third-order valence-electron chi connectivity index (χ3n) is 2.28. The Hall–Kier alpha value is -2.03. The Kier molecular flexibility index (Phi) is 2.54. The Morgan fingerprint density at radius 1 is 1.20 bits per heavy atom. The van der Waals surface area contributed by atoms with Crippen molar-refractivity contribution in [3.05, 3.63) is 42.6 Å². The highest BCUT2D eigenvalue weighted by Gasteiger charge is 2.01. The quantitative estimate of drug-likeness (QED) is 0.730. The molecule has 15 heavy (non-hydrogen) atoms. The summed E-state index contributed by atoms with van der Waals surface area (Å²) in [6.07, 6.45) is 1.78. The number of nitrogens with zero attached hydrogens (tertiary/aromatic N) is 1. The number of rotatable bonds is 2. The monoisotopic (exact) mass is 199 g/mol. The number of nitrogen functional groups attached to an aromatic ring is 1. The normalized spacial score (nSPS) is 9.93. The van der Waals surface area contributed by atoms with E-state index in [0.717, 1.165) is 22.6 Å². The van der Waals surface area contributed by atoms with E-state index in [1.165, 1.54) is 0 Å². The molecule has 0 spiro atoms. The standard InChI is InChI=1S/C12H13N3/c1-14-12-6-5-9(8-10(12)13)11-4-2-3-7-15-11/h2-8,14H,13H2,1H3. The molecular weight excluding hydrogens is 186 g/mol. The van der Waals surface area contributed by atoms with Gasteiger partial charge in [-0.15, -0.1) is 0 Å². The van der Waals surface area contributed by atoms with E-state index in [0.29, 0.717) is 0 Å². The van der Waals surface area contributed by atoms with Gasteiger partial charge in [0.2, 0.25) is 0 Å². The maximum atomic E-state index is 5.88. The highest BCUT2D eigenvalue weighted by atomic mass is 14.8. The highest BCUT2D eigenvalue weighted by molar-refractivity contribution is 5.74. The van der Waals surface area contributed by atoms with Crippen molar-refractivity contribution in [2.24, 2.45) is 0 Å². The van der Waals surface area contributed by atoms with Crippen molar-refractivity contribution in [1.82, 2.24) is 4.98 Å². The second-order valence-corrected chi connectivity index (χ2v) is 3.27. The average Bonchev–Trinajstić information content (AvgIpc) is 2.30. The van der Waals surface area contributed by atoms with E-state index in [1.807, 2.05) is 43.4 Å². The molecule has 0 radical (unpaired) electrons. The lowest BCUT2D eigenvalue weighted by Crippen LogP contribution is -1.95. The molecule has 0 unspecified atom stereocenters. The summed E-state index contributed by atoms with van der Waals surface area (Å²) in [7, 11) is 1.85. The first kappa shape index (κ1) is 9.52. The molecule has 3 N–H and O–H groups in total. The number of benzene rings is 1. The molecule has 0 aliphatic carbocycles. The van der Waals surface area contributed by atoms with Crippen LogP contribution in [-0.2, 0) is 0 Å². The van der Waals surface area contributed by atoms with Gasteiger partial charge in [0.15, 0.2) is 0 Å². The van der Waals surface area contributed by atoms with Crippen molar-refractivity contribution in [2.45, 2.75) is 0 Å². The molecule has 0 amide bonds.